The Morgan fingerprint density at radius 1 is 1.37 bits per heavy atom. The molecule has 0 aliphatic heterocycles. The van der Waals surface area contributed by atoms with E-state index in [4.69, 9.17) is 10.5 Å². The van der Waals surface area contributed by atoms with Gasteiger partial charge < -0.3 is 15.8 Å². The molecule has 1 heterocycles. The molecule has 2 aromatic rings. The van der Waals surface area contributed by atoms with Gasteiger partial charge in [-0.2, -0.15) is 0 Å². The lowest BCUT2D eigenvalue weighted by atomic mass is 10.1. The molecule has 19 heavy (non-hydrogen) atoms. The number of pyridine rings is 1. The highest BCUT2D eigenvalue weighted by Gasteiger charge is 2.09. The second-order valence-electron chi connectivity index (χ2n) is 3.85. The van der Waals surface area contributed by atoms with E-state index in [1.165, 1.54) is 0 Å². The fourth-order valence-corrected chi connectivity index (χ4v) is 1.60. The third-order valence-corrected chi connectivity index (χ3v) is 2.48. The van der Waals surface area contributed by atoms with Crippen LogP contribution in [0.2, 0.25) is 0 Å². The Hall–Kier alpha value is -2.56. The fourth-order valence-electron chi connectivity index (χ4n) is 1.60. The molecule has 5 nitrogen and oxygen atoms in total. The van der Waals surface area contributed by atoms with Gasteiger partial charge in [-0.25, -0.2) is 4.98 Å². The van der Waals surface area contributed by atoms with E-state index in [1.54, 1.807) is 42.6 Å². The summed E-state index contributed by atoms with van der Waals surface area (Å²) in [5, 5.41) is 2.69. The maximum atomic E-state index is 12.0. The molecule has 0 saturated carbocycles. The number of nitrogens with two attached hydrogens (primary N) is 1. The van der Waals surface area contributed by atoms with Gasteiger partial charge in [0.1, 0.15) is 11.6 Å². The van der Waals surface area contributed by atoms with Gasteiger partial charge in [-0.1, -0.05) is 6.07 Å². The van der Waals surface area contributed by atoms with Gasteiger partial charge in [0.15, 0.2) is 0 Å². The van der Waals surface area contributed by atoms with Gasteiger partial charge in [-0.3, -0.25) is 4.79 Å². The standard InChI is InChI=1S/C14H15N3O2/c1-2-19-12-7-6-10(9-11(12)15)14(18)17-13-5-3-4-8-16-13/h3-9H,2,15H2,1H3,(H,16,17,18). The van der Waals surface area contributed by atoms with E-state index in [9.17, 15) is 4.79 Å². The van der Waals surface area contributed by atoms with Crippen molar-refractivity contribution in [1.82, 2.24) is 4.98 Å². The maximum absolute atomic E-state index is 12.0. The second kappa shape index (κ2) is 5.86. The average molecular weight is 257 g/mol. The van der Waals surface area contributed by atoms with Gasteiger partial charge >= 0.3 is 0 Å². The van der Waals surface area contributed by atoms with Crippen LogP contribution >= 0.6 is 0 Å². The molecule has 98 valence electrons. The van der Waals surface area contributed by atoms with E-state index in [0.29, 0.717) is 29.4 Å². The summed E-state index contributed by atoms with van der Waals surface area (Å²) in [5.41, 5.74) is 6.72. The Kier molecular flexibility index (Phi) is 3.97. The van der Waals surface area contributed by atoms with Crippen molar-refractivity contribution < 1.29 is 9.53 Å². The predicted octanol–water partition coefficient (Wildman–Crippen LogP) is 2.31. The zero-order valence-electron chi connectivity index (χ0n) is 10.6. The van der Waals surface area contributed by atoms with E-state index in [-0.39, 0.29) is 5.91 Å². The Morgan fingerprint density at radius 3 is 2.84 bits per heavy atom. The van der Waals surface area contributed by atoms with E-state index in [1.807, 2.05) is 6.92 Å². The van der Waals surface area contributed by atoms with Crippen LogP contribution in [0.25, 0.3) is 0 Å². The van der Waals surface area contributed by atoms with Crippen LogP contribution in [-0.2, 0) is 0 Å². The largest absolute Gasteiger partial charge is 0.492 e. The zero-order valence-corrected chi connectivity index (χ0v) is 10.6. The lowest BCUT2D eigenvalue weighted by molar-refractivity contribution is 0.102. The van der Waals surface area contributed by atoms with Gasteiger partial charge in [-0.05, 0) is 37.3 Å². The summed E-state index contributed by atoms with van der Waals surface area (Å²) in [6.45, 7) is 2.41. The van der Waals surface area contributed by atoms with Crippen molar-refractivity contribution in [2.45, 2.75) is 6.92 Å². The quantitative estimate of drug-likeness (QED) is 0.824. The minimum absolute atomic E-state index is 0.256. The Morgan fingerprint density at radius 2 is 2.21 bits per heavy atom. The van der Waals surface area contributed by atoms with E-state index in [2.05, 4.69) is 10.3 Å². The number of nitrogens with zero attached hydrogens (tertiary/aromatic N) is 1. The molecule has 0 bridgehead atoms. The molecule has 1 amide bonds. The maximum Gasteiger partial charge on any atom is 0.256 e. The normalized spacial score (nSPS) is 9.95. The van der Waals surface area contributed by atoms with Gasteiger partial charge in [0.05, 0.1) is 12.3 Å². The summed E-state index contributed by atoms with van der Waals surface area (Å²) in [5.74, 6) is 0.824. The first kappa shape index (κ1) is 12.9. The van der Waals surface area contributed by atoms with Crippen molar-refractivity contribution in [3.63, 3.8) is 0 Å². The predicted molar refractivity (Wildman–Crippen MR) is 74.2 cm³/mol. The van der Waals surface area contributed by atoms with Crippen molar-refractivity contribution in [3.05, 3.63) is 48.2 Å². The number of hydrogen-bond acceptors (Lipinski definition) is 4. The SMILES string of the molecule is CCOc1ccc(C(=O)Nc2ccccn2)cc1N. The first-order valence-electron chi connectivity index (χ1n) is 5.95. The lowest BCUT2D eigenvalue weighted by Crippen LogP contribution is -2.13. The number of benzene rings is 1. The van der Waals surface area contributed by atoms with Gasteiger partial charge in [0.2, 0.25) is 0 Å². The zero-order chi connectivity index (χ0) is 13.7. The third kappa shape index (κ3) is 3.22. The minimum atomic E-state index is -0.256. The van der Waals surface area contributed by atoms with Crippen molar-refractivity contribution in [3.8, 4) is 5.75 Å². The number of carbonyl (C=O) groups is 1. The fraction of sp³-hybridized carbons (Fsp3) is 0.143. The van der Waals surface area contributed by atoms with Crippen molar-refractivity contribution in [1.29, 1.82) is 0 Å². The minimum Gasteiger partial charge on any atom is -0.492 e. The molecule has 5 heteroatoms. The van der Waals surface area contributed by atoms with Crippen LogP contribution in [0.15, 0.2) is 42.6 Å². The molecule has 0 aliphatic rings. The summed E-state index contributed by atoms with van der Waals surface area (Å²) < 4.78 is 5.32. The molecule has 0 unspecified atom stereocenters. The van der Waals surface area contributed by atoms with Gasteiger partial charge in [-0.15, -0.1) is 0 Å². The van der Waals surface area contributed by atoms with Crippen LogP contribution in [0.4, 0.5) is 11.5 Å². The Balaban J connectivity index is 2.14. The number of carbonyl (C=O) groups excluding carboxylic acids is 1. The van der Waals surface area contributed by atoms with Crippen LogP contribution in [0.3, 0.4) is 0 Å². The Labute approximate surface area is 111 Å². The molecule has 1 aromatic carbocycles. The number of aromatic nitrogens is 1. The summed E-state index contributed by atoms with van der Waals surface area (Å²) >= 11 is 0. The van der Waals surface area contributed by atoms with Crippen molar-refractivity contribution in [2.75, 3.05) is 17.7 Å². The van der Waals surface area contributed by atoms with E-state index < -0.39 is 0 Å². The summed E-state index contributed by atoms with van der Waals surface area (Å²) in [6.07, 6.45) is 1.61. The first-order valence-corrected chi connectivity index (χ1v) is 5.95. The molecular formula is C14H15N3O2. The van der Waals surface area contributed by atoms with E-state index >= 15 is 0 Å². The highest BCUT2D eigenvalue weighted by atomic mass is 16.5. The second-order valence-corrected chi connectivity index (χ2v) is 3.85. The van der Waals surface area contributed by atoms with Gasteiger partial charge in [0.25, 0.3) is 5.91 Å². The first-order chi connectivity index (χ1) is 9.20. The topological polar surface area (TPSA) is 77.2 Å². The molecule has 3 N–H and O–H groups in total. The highest BCUT2D eigenvalue weighted by molar-refractivity contribution is 6.04. The summed E-state index contributed by atoms with van der Waals surface area (Å²) in [4.78, 5) is 16.0. The summed E-state index contributed by atoms with van der Waals surface area (Å²) in [7, 11) is 0. The molecule has 0 aliphatic carbocycles. The molecule has 0 fully saturated rings. The monoisotopic (exact) mass is 257 g/mol. The highest BCUT2D eigenvalue weighted by Crippen LogP contribution is 2.22. The van der Waals surface area contributed by atoms with Crippen molar-refractivity contribution in [2.24, 2.45) is 0 Å². The number of nitrogen functional groups attached to an aromatic ring is 1. The molecule has 0 saturated heterocycles. The lowest BCUT2D eigenvalue weighted by Gasteiger charge is -2.09. The van der Waals surface area contributed by atoms with Gasteiger partial charge in [0, 0.05) is 11.8 Å². The number of amides is 1. The average Bonchev–Trinajstić information content (AvgIpc) is 2.42. The molecule has 1 aromatic heterocycles. The van der Waals surface area contributed by atoms with Crippen LogP contribution in [0, 0.1) is 0 Å². The third-order valence-electron chi connectivity index (χ3n) is 2.48. The molecule has 0 spiro atoms. The van der Waals surface area contributed by atoms with Crippen molar-refractivity contribution >= 4 is 17.4 Å². The smallest absolute Gasteiger partial charge is 0.256 e. The van der Waals surface area contributed by atoms with Crippen LogP contribution in [-0.4, -0.2) is 17.5 Å². The molecule has 2 rings (SSSR count). The number of anilines is 2. The number of ether oxygens (including phenoxy) is 1. The Bertz CT molecular complexity index is 570. The van der Waals surface area contributed by atoms with Crippen LogP contribution in [0.5, 0.6) is 5.75 Å². The van der Waals surface area contributed by atoms with Crippen LogP contribution in [0.1, 0.15) is 17.3 Å². The molecular weight excluding hydrogens is 242 g/mol. The summed E-state index contributed by atoms with van der Waals surface area (Å²) in [6, 6.07) is 10.2. The van der Waals surface area contributed by atoms with Crippen LogP contribution < -0.4 is 15.8 Å². The van der Waals surface area contributed by atoms with E-state index in [0.717, 1.165) is 0 Å². The number of hydrogen-bond donors (Lipinski definition) is 2. The molecule has 0 radical (unpaired) electrons. The number of nitrogens with one attached hydrogen (secondary N) is 1. The molecule has 0 atom stereocenters. The number of rotatable bonds is 4.